The van der Waals surface area contributed by atoms with Crippen LogP contribution >= 0.6 is 0 Å². The normalized spacial score (nSPS) is 15.1. The van der Waals surface area contributed by atoms with Crippen LogP contribution in [0.4, 0.5) is 5.69 Å². The molecule has 0 spiro atoms. The molecule has 1 aromatic carbocycles. The van der Waals surface area contributed by atoms with Crippen molar-refractivity contribution in [3.63, 3.8) is 0 Å². The van der Waals surface area contributed by atoms with Gasteiger partial charge in [0.15, 0.2) is 0 Å². The molecule has 1 saturated heterocycles. The molecule has 25 heavy (non-hydrogen) atoms. The average molecular weight is 344 g/mol. The Hall–Kier alpha value is -3.30. The van der Waals surface area contributed by atoms with E-state index in [0.717, 1.165) is 0 Å². The summed E-state index contributed by atoms with van der Waals surface area (Å²) in [5.41, 5.74) is 5.50. The van der Waals surface area contributed by atoms with E-state index in [1.807, 2.05) is 0 Å². The van der Waals surface area contributed by atoms with Gasteiger partial charge in [-0.15, -0.1) is 0 Å². The Morgan fingerprint density at radius 2 is 2.00 bits per heavy atom. The summed E-state index contributed by atoms with van der Waals surface area (Å²) < 4.78 is 1.27. The smallest absolute Gasteiger partial charge is 0.295 e. The van der Waals surface area contributed by atoms with E-state index in [1.165, 1.54) is 35.5 Å². The Morgan fingerprint density at radius 1 is 1.28 bits per heavy atom. The van der Waals surface area contributed by atoms with Gasteiger partial charge in [-0.1, -0.05) is 0 Å². The van der Waals surface area contributed by atoms with Crippen molar-refractivity contribution in [3.8, 4) is 5.69 Å². The van der Waals surface area contributed by atoms with E-state index in [1.54, 1.807) is 4.90 Å². The fourth-order valence-electron chi connectivity index (χ4n) is 2.88. The number of hydrogen-bond donors (Lipinski definition) is 1. The van der Waals surface area contributed by atoms with E-state index in [2.05, 4.69) is 10.1 Å². The summed E-state index contributed by atoms with van der Waals surface area (Å²) in [6.07, 6.45) is 3.62. The minimum atomic E-state index is -0.562. The Bertz CT molecular complexity index is 811. The van der Waals surface area contributed by atoms with Gasteiger partial charge < -0.3 is 10.6 Å². The van der Waals surface area contributed by atoms with Gasteiger partial charge in [0.2, 0.25) is 5.91 Å². The maximum absolute atomic E-state index is 12.6. The zero-order chi connectivity index (χ0) is 18.0. The molecule has 0 atom stereocenters. The highest BCUT2D eigenvalue weighted by molar-refractivity contribution is 5.95. The zero-order valence-corrected chi connectivity index (χ0v) is 13.2. The summed E-state index contributed by atoms with van der Waals surface area (Å²) in [5, 5.41) is 15.2. The number of amides is 2. The number of rotatable bonds is 4. The van der Waals surface area contributed by atoms with Crippen LogP contribution in [0.25, 0.3) is 5.69 Å². The first-order valence-electron chi connectivity index (χ1n) is 7.69. The number of nitrogens with two attached hydrogens (primary N) is 1. The van der Waals surface area contributed by atoms with Crippen LogP contribution < -0.4 is 5.73 Å². The Morgan fingerprint density at radius 3 is 2.56 bits per heavy atom. The molecule has 0 radical (unpaired) electrons. The molecule has 2 aromatic rings. The molecule has 1 aliphatic heterocycles. The first kappa shape index (κ1) is 16.6. The van der Waals surface area contributed by atoms with Crippen molar-refractivity contribution in [1.29, 1.82) is 0 Å². The molecule has 1 aliphatic rings. The highest BCUT2D eigenvalue weighted by Gasteiger charge is 2.28. The molecule has 0 unspecified atom stereocenters. The number of hydrogen-bond acceptors (Lipinski definition) is 6. The lowest BCUT2D eigenvalue weighted by atomic mass is 9.96. The van der Waals surface area contributed by atoms with Crippen LogP contribution in [-0.2, 0) is 4.79 Å². The van der Waals surface area contributed by atoms with E-state index in [4.69, 9.17) is 5.73 Å². The average Bonchev–Trinajstić information content (AvgIpc) is 3.15. The minimum absolute atomic E-state index is 0.216. The van der Waals surface area contributed by atoms with E-state index in [-0.39, 0.29) is 34.7 Å². The molecule has 1 aromatic heterocycles. The Balaban J connectivity index is 1.83. The monoisotopic (exact) mass is 344 g/mol. The Labute approximate surface area is 142 Å². The van der Waals surface area contributed by atoms with Crippen molar-refractivity contribution in [2.24, 2.45) is 11.7 Å². The van der Waals surface area contributed by atoms with Gasteiger partial charge in [-0.3, -0.25) is 19.7 Å². The maximum Gasteiger partial charge on any atom is 0.295 e. The molecule has 2 heterocycles. The second-order valence-electron chi connectivity index (χ2n) is 5.77. The molecule has 1 fully saturated rings. The van der Waals surface area contributed by atoms with Gasteiger partial charge in [0.05, 0.1) is 4.92 Å². The molecule has 2 amide bonds. The second-order valence-corrected chi connectivity index (χ2v) is 5.77. The molecule has 0 saturated carbocycles. The van der Waals surface area contributed by atoms with Crippen LogP contribution in [0.2, 0.25) is 0 Å². The van der Waals surface area contributed by atoms with Gasteiger partial charge in [-0.2, -0.15) is 5.10 Å². The van der Waals surface area contributed by atoms with Crippen LogP contribution in [0.15, 0.2) is 30.9 Å². The molecule has 10 heteroatoms. The maximum atomic E-state index is 12.6. The first-order chi connectivity index (χ1) is 12.0. The lowest BCUT2D eigenvalue weighted by molar-refractivity contribution is -0.384. The van der Waals surface area contributed by atoms with Crippen LogP contribution in [0.3, 0.4) is 0 Å². The highest BCUT2D eigenvalue weighted by atomic mass is 16.6. The van der Waals surface area contributed by atoms with Crippen LogP contribution in [-0.4, -0.2) is 49.5 Å². The summed E-state index contributed by atoms with van der Waals surface area (Å²) in [6, 6.07) is 4.22. The molecule has 3 rings (SSSR count). The van der Waals surface area contributed by atoms with Crippen LogP contribution in [0, 0.1) is 16.0 Å². The largest absolute Gasteiger partial charge is 0.369 e. The highest BCUT2D eigenvalue weighted by Crippen LogP contribution is 2.25. The third-order valence-electron chi connectivity index (χ3n) is 4.27. The molecular formula is C15H16N6O4. The molecule has 2 N–H and O–H groups in total. The van der Waals surface area contributed by atoms with Gasteiger partial charge in [0.1, 0.15) is 18.3 Å². The predicted molar refractivity (Wildman–Crippen MR) is 85.8 cm³/mol. The van der Waals surface area contributed by atoms with Crippen molar-refractivity contribution < 1.29 is 14.5 Å². The van der Waals surface area contributed by atoms with E-state index in [9.17, 15) is 19.7 Å². The number of aromatic nitrogens is 3. The van der Waals surface area contributed by atoms with E-state index < -0.39 is 4.92 Å². The summed E-state index contributed by atoms with van der Waals surface area (Å²) in [5.74, 6) is -0.899. The number of primary amides is 1. The summed E-state index contributed by atoms with van der Waals surface area (Å²) in [7, 11) is 0. The fourth-order valence-corrected chi connectivity index (χ4v) is 2.88. The number of carbonyl (C=O) groups excluding carboxylic acids is 2. The van der Waals surface area contributed by atoms with Crippen molar-refractivity contribution in [2.75, 3.05) is 13.1 Å². The Kier molecular flexibility index (Phi) is 4.42. The number of benzene rings is 1. The lowest BCUT2D eigenvalue weighted by Crippen LogP contribution is -2.41. The van der Waals surface area contributed by atoms with Gasteiger partial charge in [-0.05, 0) is 25.0 Å². The SMILES string of the molecule is NC(=O)C1CCN(C(=O)c2ccc(-n3cncn3)c([N+](=O)[O-])c2)CC1. The molecular weight excluding hydrogens is 328 g/mol. The van der Waals surface area contributed by atoms with Crippen molar-refractivity contribution in [2.45, 2.75) is 12.8 Å². The standard InChI is InChI=1S/C15H16N6O4/c16-14(22)10-3-5-19(6-4-10)15(23)11-1-2-12(13(7-11)21(24)25)20-9-17-8-18-20/h1-2,7-10H,3-6H2,(H2,16,22). The summed E-state index contributed by atoms with van der Waals surface area (Å²) >= 11 is 0. The quantitative estimate of drug-likeness (QED) is 0.634. The number of likely N-dealkylation sites (tertiary alicyclic amines) is 1. The summed E-state index contributed by atoms with van der Waals surface area (Å²) in [4.78, 5) is 39.9. The number of nitro benzene ring substituents is 1. The number of piperidine rings is 1. The van der Waals surface area contributed by atoms with Gasteiger partial charge in [-0.25, -0.2) is 9.67 Å². The van der Waals surface area contributed by atoms with Crippen molar-refractivity contribution in [1.82, 2.24) is 19.7 Å². The summed E-state index contributed by atoms with van der Waals surface area (Å²) in [6.45, 7) is 0.788. The molecule has 130 valence electrons. The topological polar surface area (TPSA) is 137 Å². The van der Waals surface area contributed by atoms with Crippen molar-refractivity contribution in [3.05, 3.63) is 46.5 Å². The third kappa shape index (κ3) is 3.32. The van der Waals surface area contributed by atoms with Crippen molar-refractivity contribution >= 4 is 17.5 Å². The van der Waals surface area contributed by atoms with Gasteiger partial charge in [0.25, 0.3) is 11.6 Å². The molecule has 0 aliphatic carbocycles. The first-order valence-corrected chi connectivity index (χ1v) is 7.69. The number of nitro groups is 1. The number of nitrogens with zero attached hydrogens (tertiary/aromatic N) is 5. The molecule has 10 nitrogen and oxygen atoms in total. The molecule has 0 bridgehead atoms. The van der Waals surface area contributed by atoms with E-state index >= 15 is 0 Å². The number of carbonyl (C=O) groups is 2. The predicted octanol–water partition coefficient (Wildman–Crippen LogP) is 0.513. The second kappa shape index (κ2) is 6.67. The fraction of sp³-hybridized carbons (Fsp3) is 0.333. The van der Waals surface area contributed by atoms with Gasteiger partial charge >= 0.3 is 0 Å². The zero-order valence-electron chi connectivity index (χ0n) is 13.2. The third-order valence-corrected chi connectivity index (χ3v) is 4.27. The van der Waals surface area contributed by atoms with Crippen LogP contribution in [0.5, 0.6) is 0 Å². The minimum Gasteiger partial charge on any atom is -0.369 e. The van der Waals surface area contributed by atoms with Crippen LogP contribution in [0.1, 0.15) is 23.2 Å². The lowest BCUT2D eigenvalue weighted by Gasteiger charge is -2.30. The van der Waals surface area contributed by atoms with E-state index in [0.29, 0.717) is 25.9 Å². The van der Waals surface area contributed by atoms with Gasteiger partial charge in [0, 0.05) is 30.6 Å².